The Hall–Kier alpha value is -1.33. The zero-order valence-corrected chi connectivity index (χ0v) is 10.0. The first-order valence-corrected chi connectivity index (χ1v) is 5.73. The maximum Gasteiger partial charge on any atom is 0.178 e. The molecule has 0 bridgehead atoms. The van der Waals surface area contributed by atoms with Crippen LogP contribution < -0.4 is 0 Å². The van der Waals surface area contributed by atoms with E-state index in [9.17, 15) is 0 Å². The number of rotatable bonds is 3. The summed E-state index contributed by atoms with van der Waals surface area (Å²) in [6.45, 7) is 6.40. The molecule has 1 aromatic carbocycles. The van der Waals surface area contributed by atoms with E-state index < -0.39 is 0 Å². The molecular formula is C14H17NO. The minimum atomic E-state index is -0.370. The van der Waals surface area contributed by atoms with Crippen LogP contribution in [0, 0.1) is 17.2 Å². The summed E-state index contributed by atoms with van der Waals surface area (Å²) >= 11 is 0. The van der Waals surface area contributed by atoms with Crippen LogP contribution in [-0.4, -0.2) is 6.10 Å². The molecule has 1 fully saturated rings. The van der Waals surface area contributed by atoms with Gasteiger partial charge in [-0.2, -0.15) is 5.26 Å². The van der Waals surface area contributed by atoms with Crippen molar-refractivity contribution in [3.63, 3.8) is 0 Å². The predicted molar refractivity (Wildman–Crippen MR) is 62.8 cm³/mol. The monoisotopic (exact) mass is 215 g/mol. The molecule has 2 unspecified atom stereocenters. The first-order chi connectivity index (χ1) is 7.56. The maximum atomic E-state index is 8.80. The van der Waals surface area contributed by atoms with Crippen LogP contribution in [-0.2, 0) is 16.8 Å². The second-order valence-electron chi connectivity index (χ2n) is 5.03. The summed E-state index contributed by atoms with van der Waals surface area (Å²) in [5, 5.41) is 8.80. The number of hydrogen-bond acceptors (Lipinski definition) is 2. The molecule has 0 spiro atoms. The lowest BCUT2D eigenvalue weighted by molar-refractivity contribution is 0.321. The third-order valence-corrected chi connectivity index (χ3v) is 3.09. The lowest BCUT2D eigenvalue weighted by Crippen LogP contribution is -2.06. The highest BCUT2D eigenvalue weighted by Gasteiger charge is 2.54. The van der Waals surface area contributed by atoms with E-state index in [2.05, 4.69) is 44.2 Å². The third-order valence-electron chi connectivity index (χ3n) is 3.09. The zero-order valence-electron chi connectivity index (χ0n) is 10.0. The molecule has 2 atom stereocenters. The van der Waals surface area contributed by atoms with Crippen molar-refractivity contribution in [3.8, 4) is 6.07 Å². The Morgan fingerprint density at radius 3 is 2.44 bits per heavy atom. The summed E-state index contributed by atoms with van der Waals surface area (Å²) in [5.41, 5.74) is 2.08. The summed E-state index contributed by atoms with van der Waals surface area (Å²) < 4.78 is 5.40. The van der Waals surface area contributed by atoms with Gasteiger partial charge in [0.2, 0.25) is 0 Å². The average Bonchev–Trinajstić information content (AvgIpc) is 2.91. The fraction of sp³-hybridized carbons (Fsp3) is 0.500. The van der Waals surface area contributed by atoms with E-state index in [-0.39, 0.29) is 11.7 Å². The van der Waals surface area contributed by atoms with E-state index in [1.807, 2.05) is 6.92 Å². The van der Waals surface area contributed by atoms with Gasteiger partial charge in [0.05, 0.1) is 6.07 Å². The Bertz CT molecular complexity index is 415. The maximum absolute atomic E-state index is 8.80. The van der Waals surface area contributed by atoms with E-state index in [0.29, 0.717) is 5.92 Å². The predicted octanol–water partition coefficient (Wildman–Crippen LogP) is 3.02. The normalized spacial score (nSPS) is 27.8. The van der Waals surface area contributed by atoms with Gasteiger partial charge in [-0.25, -0.2) is 0 Å². The summed E-state index contributed by atoms with van der Waals surface area (Å²) in [7, 11) is 0. The first-order valence-electron chi connectivity index (χ1n) is 5.73. The molecule has 2 heteroatoms. The lowest BCUT2D eigenvalue weighted by Gasteiger charge is -2.08. The van der Waals surface area contributed by atoms with Crippen LogP contribution in [0.2, 0.25) is 0 Å². The van der Waals surface area contributed by atoms with E-state index in [1.165, 1.54) is 5.56 Å². The molecule has 1 aromatic rings. The largest absolute Gasteiger partial charge is 0.345 e. The zero-order chi connectivity index (χ0) is 11.8. The molecule has 2 rings (SSSR count). The molecule has 84 valence electrons. The summed E-state index contributed by atoms with van der Waals surface area (Å²) in [4.78, 5) is 0. The van der Waals surface area contributed by atoms with Crippen LogP contribution in [0.15, 0.2) is 24.3 Å². The second-order valence-corrected chi connectivity index (χ2v) is 5.03. The highest BCUT2D eigenvalue weighted by Crippen LogP contribution is 2.45. The van der Waals surface area contributed by atoms with Crippen molar-refractivity contribution in [2.24, 2.45) is 5.92 Å². The Labute approximate surface area is 96.9 Å². The standard InChI is InChI=1S/C14H17NO/c1-10(2)8-11-4-6-12(7-5-11)14(3)13(9-15)16-14/h4-7,10,13H,8H2,1-3H3. The van der Waals surface area contributed by atoms with E-state index in [4.69, 9.17) is 10.00 Å². The van der Waals surface area contributed by atoms with E-state index in [1.54, 1.807) is 0 Å². The molecule has 1 saturated heterocycles. The smallest absolute Gasteiger partial charge is 0.178 e. The molecule has 0 amide bonds. The van der Waals surface area contributed by atoms with Gasteiger partial charge in [0, 0.05) is 0 Å². The molecule has 16 heavy (non-hydrogen) atoms. The van der Waals surface area contributed by atoms with Crippen molar-refractivity contribution >= 4 is 0 Å². The van der Waals surface area contributed by atoms with Gasteiger partial charge >= 0.3 is 0 Å². The molecule has 1 heterocycles. The topological polar surface area (TPSA) is 36.3 Å². The number of benzene rings is 1. The molecule has 2 nitrogen and oxygen atoms in total. The van der Waals surface area contributed by atoms with Gasteiger partial charge in [-0.3, -0.25) is 0 Å². The fourth-order valence-electron chi connectivity index (χ4n) is 2.02. The Balaban J connectivity index is 2.12. The van der Waals surface area contributed by atoms with Crippen molar-refractivity contribution in [2.75, 3.05) is 0 Å². The highest BCUT2D eigenvalue weighted by molar-refractivity contribution is 5.34. The lowest BCUT2D eigenvalue weighted by atomic mass is 9.95. The molecule has 0 saturated carbocycles. The Morgan fingerprint density at radius 1 is 1.38 bits per heavy atom. The van der Waals surface area contributed by atoms with Crippen LogP contribution in [0.5, 0.6) is 0 Å². The molecule has 0 aliphatic carbocycles. The van der Waals surface area contributed by atoms with Crippen molar-refractivity contribution in [1.82, 2.24) is 0 Å². The van der Waals surface area contributed by atoms with Gasteiger partial charge in [0.15, 0.2) is 6.10 Å². The van der Waals surface area contributed by atoms with Crippen molar-refractivity contribution in [3.05, 3.63) is 35.4 Å². The van der Waals surface area contributed by atoms with Gasteiger partial charge in [-0.1, -0.05) is 38.1 Å². The van der Waals surface area contributed by atoms with Gasteiger partial charge in [-0.15, -0.1) is 0 Å². The average molecular weight is 215 g/mol. The van der Waals surface area contributed by atoms with Crippen LogP contribution >= 0.6 is 0 Å². The van der Waals surface area contributed by atoms with Crippen LogP contribution in [0.25, 0.3) is 0 Å². The van der Waals surface area contributed by atoms with Gasteiger partial charge in [0.25, 0.3) is 0 Å². The molecule has 0 aromatic heterocycles. The number of epoxide rings is 1. The van der Waals surface area contributed by atoms with Gasteiger partial charge in [0.1, 0.15) is 5.60 Å². The molecular weight excluding hydrogens is 198 g/mol. The van der Waals surface area contributed by atoms with Gasteiger partial charge < -0.3 is 4.74 Å². The summed E-state index contributed by atoms with van der Waals surface area (Å²) in [6, 6.07) is 10.6. The quantitative estimate of drug-likeness (QED) is 0.727. The second kappa shape index (κ2) is 3.92. The minimum Gasteiger partial charge on any atom is -0.345 e. The fourth-order valence-corrected chi connectivity index (χ4v) is 2.02. The Morgan fingerprint density at radius 2 is 2.00 bits per heavy atom. The molecule has 1 aliphatic heterocycles. The van der Waals surface area contributed by atoms with Crippen molar-refractivity contribution in [2.45, 2.75) is 38.9 Å². The van der Waals surface area contributed by atoms with E-state index in [0.717, 1.165) is 12.0 Å². The van der Waals surface area contributed by atoms with Crippen LogP contribution in [0.1, 0.15) is 31.9 Å². The molecule has 1 aliphatic rings. The number of nitriles is 1. The van der Waals surface area contributed by atoms with Crippen LogP contribution in [0.3, 0.4) is 0 Å². The number of nitrogens with zero attached hydrogens (tertiary/aromatic N) is 1. The first kappa shape index (κ1) is 11.2. The molecule has 0 N–H and O–H groups in total. The van der Waals surface area contributed by atoms with E-state index >= 15 is 0 Å². The number of ether oxygens (including phenoxy) is 1. The third kappa shape index (κ3) is 1.96. The number of hydrogen-bond donors (Lipinski definition) is 0. The summed E-state index contributed by atoms with van der Waals surface area (Å²) in [6.07, 6.45) is 0.822. The highest BCUT2D eigenvalue weighted by atomic mass is 16.6. The van der Waals surface area contributed by atoms with Gasteiger partial charge in [-0.05, 0) is 30.4 Å². The SMILES string of the molecule is CC(C)Cc1ccc(C2(C)OC2C#N)cc1. The summed E-state index contributed by atoms with van der Waals surface area (Å²) in [5.74, 6) is 0.672. The van der Waals surface area contributed by atoms with Crippen molar-refractivity contribution < 1.29 is 4.74 Å². The minimum absolute atomic E-state index is 0.275. The van der Waals surface area contributed by atoms with Crippen molar-refractivity contribution in [1.29, 1.82) is 5.26 Å². The molecule has 0 radical (unpaired) electrons. The Kier molecular flexibility index (Phi) is 2.73. The van der Waals surface area contributed by atoms with Crippen LogP contribution in [0.4, 0.5) is 0 Å².